The summed E-state index contributed by atoms with van der Waals surface area (Å²) >= 11 is 0. The molecule has 0 aliphatic carbocycles. The van der Waals surface area contributed by atoms with Crippen LogP contribution in [-0.4, -0.2) is 43.1 Å². The lowest BCUT2D eigenvalue weighted by Gasteiger charge is -2.19. The Balaban J connectivity index is 3.69. The standard InChI is InChI=1S/C16H31N3O4/c1-15(2,3)11-13(21)18-10-9-17-12(20)7-8-19-14(22)23-16(4,5)6/h7-11H2,1-6H3,(H,17,20)(H,18,21)(H,19,22). The molecule has 0 aromatic carbocycles. The van der Waals surface area contributed by atoms with Crippen molar-refractivity contribution in [2.24, 2.45) is 5.41 Å². The number of alkyl carbamates (subject to hydrolysis) is 1. The fourth-order valence-electron chi connectivity index (χ4n) is 1.63. The van der Waals surface area contributed by atoms with Crippen LogP contribution in [-0.2, 0) is 14.3 Å². The normalized spacial score (nSPS) is 11.6. The second-order valence-electron chi connectivity index (χ2n) is 7.62. The third kappa shape index (κ3) is 14.9. The highest BCUT2D eigenvalue weighted by Gasteiger charge is 2.16. The smallest absolute Gasteiger partial charge is 0.407 e. The molecule has 0 bridgehead atoms. The van der Waals surface area contributed by atoms with Crippen LogP contribution in [0.1, 0.15) is 54.4 Å². The van der Waals surface area contributed by atoms with E-state index in [1.165, 1.54) is 0 Å². The van der Waals surface area contributed by atoms with Crippen molar-refractivity contribution in [2.45, 2.75) is 60.0 Å². The molecule has 134 valence electrons. The van der Waals surface area contributed by atoms with Crippen molar-refractivity contribution in [1.82, 2.24) is 16.0 Å². The third-order valence-electron chi connectivity index (χ3n) is 2.48. The van der Waals surface area contributed by atoms with Crippen LogP contribution in [0.5, 0.6) is 0 Å². The highest BCUT2D eigenvalue weighted by Crippen LogP contribution is 2.17. The van der Waals surface area contributed by atoms with Gasteiger partial charge in [-0.25, -0.2) is 4.79 Å². The number of ether oxygens (including phenoxy) is 1. The molecule has 0 unspecified atom stereocenters. The number of nitrogens with one attached hydrogen (secondary N) is 3. The Hall–Kier alpha value is -1.79. The molecule has 7 nitrogen and oxygen atoms in total. The molecule has 3 amide bonds. The van der Waals surface area contributed by atoms with Crippen molar-refractivity contribution in [3.63, 3.8) is 0 Å². The van der Waals surface area contributed by atoms with E-state index in [-0.39, 0.29) is 30.2 Å². The van der Waals surface area contributed by atoms with Crippen molar-refractivity contribution in [2.75, 3.05) is 19.6 Å². The Morgan fingerprint density at radius 3 is 1.78 bits per heavy atom. The Kier molecular flexibility index (Phi) is 8.64. The summed E-state index contributed by atoms with van der Waals surface area (Å²) in [7, 11) is 0. The van der Waals surface area contributed by atoms with Crippen LogP contribution in [0.2, 0.25) is 0 Å². The maximum absolute atomic E-state index is 11.6. The van der Waals surface area contributed by atoms with Crippen LogP contribution in [0, 0.1) is 5.41 Å². The van der Waals surface area contributed by atoms with Gasteiger partial charge in [0, 0.05) is 32.5 Å². The van der Waals surface area contributed by atoms with Crippen molar-refractivity contribution in [3.05, 3.63) is 0 Å². The summed E-state index contributed by atoms with van der Waals surface area (Å²) in [5.41, 5.74) is -0.613. The van der Waals surface area contributed by atoms with Gasteiger partial charge in [0.15, 0.2) is 0 Å². The Bertz CT molecular complexity index is 409. The molecule has 0 radical (unpaired) electrons. The summed E-state index contributed by atoms with van der Waals surface area (Å²) < 4.78 is 5.05. The number of carbonyl (C=O) groups excluding carboxylic acids is 3. The largest absolute Gasteiger partial charge is 0.444 e. The quantitative estimate of drug-likeness (QED) is 0.618. The molecule has 23 heavy (non-hydrogen) atoms. The maximum atomic E-state index is 11.6. The molecule has 0 aliphatic rings. The molecule has 0 heterocycles. The van der Waals surface area contributed by atoms with Gasteiger partial charge >= 0.3 is 6.09 Å². The topological polar surface area (TPSA) is 96.5 Å². The van der Waals surface area contributed by atoms with E-state index in [2.05, 4.69) is 16.0 Å². The molecule has 3 N–H and O–H groups in total. The van der Waals surface area contributed by atoms with Gasteiger partial charge in [-0.2, -0.15) is 0 Å². The number of amides is 3. The zero-order chi connectivity index (χ0) is 18.1. The second-order valence-corrected chi connectivity index (χ2v) is 7.62. The predicted molar refractivity (Wildman–Crippen MR) is 88.9 cm³/mol. The van der Waals surface area contributed by atoms with Crippen LogP contribution in [0.25, 0.3) is 0 Å². The first kappa shape index (κ1) is 21.2. The fourth-order valence-corrected chi connectivity index (χ4v) is 1.63. The predicted octanol–water partition coefficient (Wildman–Crippen LogP) is 1.57. The summed E-state index contributed by atoms with van der Waals surface area (Å²) in [6, 6.07) is 0. The maximum Gasteiger partial charge on any atom is 0.407 e. The Morgan fingerprint density at radius 2 is 1.30 bits per heavy atom. The fraction of sp³-hybridized carbons (Fsp3) is 0.812. The summed E-state index contributed by atoms with van der Waals surface area (Å²) in [6.45, 7) is 12.2. The number of hydrogen-bond donors (Lipinski definition) is 3. The molecule has 0 aromatic heterocycles. The van der Waals surface area contributed by atoms with E-state index in [9.17, 15) is 14.4 Å². The van der Waals surface area contributed by atoms with Gasteiger partial charge in [0.1, 0.15) is 5.60 Å². The molecule has 0 rings (SSSR count). The lowest BCUT2D eigenvalue weighted by molar-refractivity contribution is -0.124. The lowest BCUT2D eigenvalue weighted by Crippen LogP contribution is -2.38. The van der Waals surface area contributed by atoms with Crippen LogP contribution in [0.4, 0.5) is 4.79 Å². The van der Waals surface area contributed by atoms with Crippen LogP contribution >= 0.6 is 0 Å². The third-order valence-corrected chi connectivity index (χ3v) is 2.48. The van der Waals surface area contributed by atoms with E-state index < -0.39 is 11.7 Å². The molecule has 7 heteroatoms. The van der Waals surface area contributed by atoms with Gasteiger partial charge in [0.2, 0.25) is 11.8 Å². The van der Waals surface area contributed by atoms with Gasteiger partial charge in [-0.1, -0.05) is 20.8 Å². The van der Waals surface area contributed by atoms with Crippen molar-refractivity contribution >= 4 is 17.9 Å². The Morgan fingerprint density at radius 1 is 0.783 bits per heavy atom. The first-order valence-electron chi connectivity index (χ1n) is 7.89. The van der Waals surface area contributed by atoms with Crippen molar-refractivity contribution in [1.29, 1.82) is 0 Å². The molecule has 0 atom stereocenters. The molecular formula is C16H31N3O4. The van der Waals surface area contributed by atoms with Gasteiger partial charge < -0.3 is 20.7 Å². The van der Waals surface area contributed by atoms with Crippen molar-refractivity contribution in [3.8, 4) is 0 Å². The zero-order valence-electron chi connectivity index (χ0n) is 15.2. The first-order valence-corrected chi connectivity index (χ1v) is 7.89. The highest BCUT2D eigenvalue weighted by atomic mass is 16.6. The van der Waals surface area contributed by atoms with E-state index in [0.29, 0.717) is 19.5 Å². The average molecular weight is 329 g/mol. The second kappa shape index (κ2) is 9.37. The molecule has 0 saturated heterocycles. The monoisotopic (exact) mass is 329 g/mol. The van der Waals surface area contributed by atoms with Crippen molar-refractivity contribution < 1.29 is 19.1 Å². The highest BCUT2D eigenvalue weighted by molar-refractivity contribution is 5.78. The SMILES string of the molecule is CC(C)(C)CC(=O)NCCNC(=O)CCNC(=O)OC(C)(C)C. The first-order chi connectivity index (χ1) is 10.4. The minimum atomic E-state index is -0.558. The summed E-state index contributed by atoms with van der Waals surface area (Å²) in [5.74, 6) is -0.218. The molecule has 0 aromatic rings. The van der Waals surface area contributed by atoms with E-state index in [1.807, 2.05) is 20.8 Å². The van der Waals surface area contributed by atoms with Gasteiger partial charge in [-0.05, 0) is 26.2 Å². The molecule has 0 fully saturated rings. The van der Waals surface area contributed by atoms with Gasteiger partial charge in [-0.15, -0.1) is 0 Å². The van der Waals surface area contributed by atoms with Crippen LogP contribution < -0.4 is 16.0 Å². The van der Waals surface area contributed by atoms with Crippen LogP contribution in [0.3, 0.4) is 0 Å². The van der Waals surface area contributed by atoms with Gasteiger partial charge in [0.05, 0.1) is 0 Å². The van der Waals surface area contributed by atoms with E-state index >= 15 is 0 Å². The lowest BCUT2D eigenvalue weighted by atomic mass is 9.92. The number of hydrogen-bond acceptors (Lipinski definition) is 4. The van der Waals surface area contributed by atoms with Gasteiger partial charge in [0.25, 0.3) is 0 Å². The average Bonchev–Trinajstić information content (AvgIpc) is 2.30. The van der Waals surface area contributed by atoms with E-state index in [0.717, 1.165) is 0 Å². The summed E-state index contributed by atoms with van der Waals surface area (Å²) in [6.07, 6.45) is 0.0652. The van der Waals surface area contributed by atoms with E-state index in [1.54, 1.807) is 20.8 Å². The molecular weight excluding hydrogens is 298 g/mol. The van der Waals surface area contributed by atoms with Gasteiger partial charge in [-0.3, -0.25) is 9.59 Å². The molecule has 0 aliphatic heterocycles. The number of rotatable bonds is 7. The zero-order valence-corrected chi connectivity index (χ0v) is 15.2. The number of carbonyl (C=O) groups is 3. The summed E-state index contributed by atoms with van der Waals surface area (Å²) in [5, 5.41) is 7.94. The minimum Gasteiger partial charge on any atom is -0.444 e. The minimum absolute atomic E-state index is 0.0293. The summed E-state index contributed by atoms with van der Waals surface area (Å²) in [4.78, 5) is 34.5. The molecule has 0 saturated carbocycles. The Labute approximate surface area is 138 Å². The molecule has 0 spiro atoms. The van der Waals surface area contributed by atoms with Crippen LogP contribution in [0.15, 0.2) is 0 Å². The van der Waals surface area contributed by atoms with E-state index in [4.69, 9.17) is 4.74 Å².